The Morgan fingerprint density at radius 2 is 1.62 bits per heavy atom. The summed E-state index contributed by atoms with van der Waals surface area (Å²) in [6.07, 6.45) is -1.34. The molecule has 0 spiro atoms. The minimum atomic E-state index is -4.24. The smallest absolute Gasteiger partial charge is 0.372 e. The highest BCUT2D eigenvalue weighted by Crippen LogP contribution is 2.34. The predicted molar refractivity (Wildman–Crippen MR) is 42.3 cm³/mol. The fourth-order valence-electron chi connectivity index (χ4n) is 0.354. The second kappa shape index (κ2) is 6.73. The van der Waals surface area contributed by atoms with Gasteiger partial charge in [0.25, 0.3) is 0 Å². The molecule has 0 unspecified atom stereocenters. The third kappa shape index (κ3) is 11.2. The lowest BCUT2D eigenvalue weighted by atomic mass is 10.3. The van der Waals surface area contributed by atoms with Gasteiger partial charge in [-0.3, -0.25) is 9.36 Å². The molecule has 0 aliphatic heterocycles. The van der Waals surface area contributed by atoms with Gasteiger partial charge < -0.3 is 20.0 Å². The van der Waals surface area contributed by atoms with Crippen LogP contribution in [0.25, 0.3) is 0 Å². The Bertz CT molecular complexity index is 217. The molecule has 0 aromatic rings. The van der Waals surface area contributed by atoms with Gasteiger partial charge in [0.2, 0.25) is 5.78 Å². The Hall–Kier alpha value is -0.750. The number of Topliss-reactive ketones (excluding diaryl/α,β-unsaturated/α-hetero) is 1. The minimum absolute atomic E-state index is 0.625. The molecule has 0 radical (unpaired) electrons. The number of rotatable bonds is 4. The minimum Gasteiger partial charge on any atom is -0.476 e. The zero-order chi connectivity index (χ0) is 11.1. The van der Waals surface area contributed by atoms with Crippen LogP contribution in [-0.2, 0) is 14.2 Å². The number of aliphatic hydroxyl groups excluding tert-OH is 1. The SMILES string of the molecule is CO.O=C(O)C(=O)CCP(=O)(O)O. The van der Waals surface area contributed by atoms with Crippen molar-refractivity contribution in [2.24, 2.45) is 0 Å². The standard InChI is InChI=1S/C4H7O6P.CH4O/c5-3(4(6)7)1-2-11(8,9)10;1-2/h1-2H2,(H,6,7)(H2,8,9,10);2H,1H3. The van der Waals surface area contributed by atoms with Crippen molar-refractivity contribution in [3.8, 4) is 0 Å². The Labute approximate surface area is 74.2 Å². The third-order valence-corrected chi connectivity index (χ3v) is 1.67. The van der Waals surface area contributed by atoms with E-state index < -0.39 is 31.9 Å². The number of carbonyl (C=O) groups excluding carboxylic acids is 1. The maximum Gasteiger partial charge on any atom is 0.372 e. The molecular weight excluding hydrogens is 203 g/mol. The van der Waals surface area contributed by atoms with E-state index in [0.29, 0.717) is 0 Å². The predicted octanol–water partition coefficient (Wildman–Crippen LogP) is -1.18. The first kappa shape index (κ1) is 14.8. The number of ketones is 1. The lowest BCUT2D eigenvalue weighted by Gasteiger charge is -1.99. The largest absolute Gasteiger partial charge is 0.476 e. The Balaban J connectivity index is 0. The monoisotopic (exact) mass is 214 g/mol. The molecule has 7 nitrogen and oxygen atoms in total. The first-order chi connectivity index (χ1) is 5.83. The zero-order valence-corrected chi connectivity index (χ0v) is 7.77. The van der Waals surface area contributed by atoms with Crippen LogP contribution in [0.2, 0.25) is 0 Å². The number of hydrogen-bond acceptors (Lipinski definition) is 4. The molecule has 4 N–H and O–H groups in total. The Morgan fingerprint density at radius 1 is 1.23 bits per heavy atom. The Morgan fingerprint density at radius 3 is 1.85 bits per heavy atom. The van der Waals surface area contributed by atoms with Crippen molar-refractivity contribution < 1.29 is 34.2 Å². The van der Waals surface area contributed by atoms with Gasteiger partial charge in [-0.25, -0.2) is 4.79 Å². The van der Waals surface area contributed by atoms with E-state index in [0.717, 1.165) is 7.11 Å². The van der Waals surface area contributed by atoms with Crippen LogP contribution < -0.4 is 0 Å². The maximum atomic E-state index is 10.2. The van der Waals surface area contributed by atoms with Crippen molar-refractivity contribution in [1.82, 2.24) is 0 Å². The molecule has 0 amide bonds. The van der Waals surface area contributed by atoms with Crippen LogP contribution in [0.4, 0.5) is 0 Å². The summed E-state index contributed by atoms with van der Waals surface area (Å²) in [6.45, 7) is 0. The summed E-state index contributed by atoms with van der Waals surface area (Å²) >= 11 is 0. The highest BCUT2D eigenvalue weighted by Gasteiger charge is 2.18. The van der Waals surface area contributed by atoms with Gasteiger partial charge in [0.1, 0.15) is 0 Å². The molecule has 78 valence electrons. The molecule has 0 aromatic heterocycles. The first-order valence-corrected chi connectivity index (χ1v) is 4.88. The first-order valence-electron chi connectivity index (χ1n) is 3.08. The van der Waals surface area contributed by atoms with E-state index >= 15 is 0 Å². The second-order valence-corrected chi connectivity index (χ2v) is 3.64. The van der Waals surface area contributed by atoms with E-state index in [1.807, 2.05) is 0 Å². The summed E-state index contributed by atoms with van der Waals surface area (Å²) in [5, 5.41) is 15.0. The van der Waals surface area contributed by atoms with Crippen molar-refractivity contribution in [3.05, 3.63) is 0 Å². The number of carbonyl (C=O) groups is 2. The summed E-state index contributed by atoms with van der Waals surface area (Å²) in [5.41, 5.74) is 0. The lowest BCUT2D eigenvalue weighted by molar-refractivity contribution is -0.148. The quantitative estimate of drug-likeness (QED) is 0.342. The van der Waals surface area contributed by atoms with Crippen LogP contribution in [0, 0.1) is 0 Å². The molecule has 13 heavy (non-hydrogen) atoms. The molecule has 8 heteroatoms. The van der Waals surface area contributed by atoms with E-state index in [-0.39, 0.29) is 0 Å². The van der Waals surface area contributed by atoms with E-state index in [1.54, 1.807) is 0 Å². The highest BCUT2D eigenvalue weighted by atomic mass is 31.2. The van der Waals surface area contributed by atoms with Gasteiger partial charge in [0, 0.05) is 13.5 Å². The average Bonchev–Trinajstić information content (AvgIpc) is 2.02. The summed E-state index contributed by atoms with van der Waals surface area (Å²) in [6, 6.07) is 0. The zero-order valence-electron chi connectivity index (χ0n) is 6.88. The van der Waals surface area contributed by atoms with Crippen LogP contribution >= 0.6 is 7.60 Å². The third-order valence-electron chi connectivity index (χ3n) is 0.869. The van der Waals surface area contributed by atoms with Crippen molar-refractivity contribution in [1.29, 1.82) is 0 Å². The highest BCUT2D eigenvalue weighted by molar-refractivity contribution is 7.51. The van der Waals surface area contributed by atoms with E-state index in [2.05, 4.69) is 0 Å². The van der Waals surface area contributed by atoms with E-state index in [4.69, 9.17) is 20.0 Å². The van der Waals surface area contributed by atoms with Crippen LogP contribution in [-0.4, -0.2) is 45.0 Å². The number of aliphatic hydroxyl groups is 1. The normalized spacial score (nSPS) is 9.85. The molecule has 0 heterocycles. The van der Waals surface area contributed by atoms with Crippen molar-refractivity contribution in [2.45, 2.75) is 6.42 Å². The second-order valence-electron chi connectivity index (χ2n) is 1.87. The van der Waals surface area contributed by atoms with Gasteiger partial charge in [-0.05, 0) is 0 Å². The molecule has 0 bridgehead atoms. The number of aliphatic carboxylic acids is 1. The van der Waals surface area contributed by atoms with Crippen LogP contribution in [0.1, 0.15) is 6.42 Å². The fourth-order valence-corrected chi connectivity index (χ4v) is 0.848. The molecule has 0 saturated heterocycles. The number of carboxylic acids is 1. The topological polar surface area (TPSA) is 132 Å². The molecule has 0 atom stereocenters. The molecule has 0 saturated carbocycles. The van der Waals surface area contributed by atoms with Gasteiger partial charge in [0.15, 0.2) is 0 Å². The molecule has 0 fully saturated rings. The maximum absolute atomic E-state index is 10.2. The average molecular weight is 214 g/mol. The van der Waals surface area contributed by atoms with Gasteiger partial charge in [-0.2, -0.15) is 0 Å². The Kier molecular flexibility index (Phi) is 7.64. The lowest BCUT2D eigenvalue weighted by Crippen LogP contribution is -2.13. The van der Waals surface area contributed by atoms with Gasteiger partial charge in [0.05, 0.1) is 6.16 Å². The molecule has 0 rings (SSSR count). The van der Waals surface area contributed by atoms with Gasteiger partial charge in [-0.15, -0.1) is 0 Å². The number of carboxylic acid groups (broad SMARTS) is 1. The summed E-state index contributed by atoms with van der Waals surface area (Å²) in [4.78, 5) is 36.5. The summed E-state index contributed by atoms with van der Waals surface area (Å²) in [7, 11) is -3.24. The number of hydrogen-bond donors (Lipinski definition) is 4. The summed E-state index contributed by atoms with van der Waals surface area (Å²) < 4.78 is 10.1. The molecule has 0 aliphatic rings. The van der Waals surface area contributed by atoms with E-state index in [1.165, 1.54) is 0 Å². The van der Waals surface area contributed by atoms with Crippen molar-refractivity contribution >= 4 is 19.3 Å². The van der Waals surface area contributed by atoms with Gasteiger partial charge in [-0.1, -0.05) is 0 Å². The van der Waals surface area contributed by atoms with Crippen LogP contribution in [0.15, 0.2) is 0 Å². The van der Waals surface area contributed by atoms with Crippen molar-refractivity contribution in [3.63, 3.8) is 0 Å². The van der Waals surface area contributed by atoms with Crippen LogP contribution in [0.5, 0.6) is 0 Å². The molecule has 0 aliphatic carbocycles. The fraction of sp³-hybridized carbons (Fsp3) is 0.600. The van der Waals surface area contributed by atoms with Gasteiger partial charge >= 0.3 is 13.6 Å². The van der Waals surface area contributed by atoms with Crippen LogP contribution in [0.3, 0.4) is 0 Å². The van der Waals surface area contributed by atoms with Crippen molar-refractivity contribution in [2.75, 3.05) is 13.3 Å². The molecular formula is C5H11O7P. The summed E-state index contributed by atoms with van der Waals surface area (Å²) in [5.74, 6) is -2.85. The van der Waals surface area contributed by atoms with E-state index in [9.17, 15) is 14.2 Å². The molecule has 0 aromatic carbocycles.